The maximum atomic E-state index is 13.6. The molecule has 5 N–H and O–H groups in total. The Morgan fingerprint density at radius 3 is 2.62 bits per heavy atom. The lowest BCUT2D eigenvalue weighted by atomic mass is 9.96. The second kappa shape index (κ2) is 11.6. The van der Waals surface area contributed by atoms with Crippen molar-refractivity contribution in [2.75, 3.05) is 12.3 Å². The minimum atomic E-state index is -4.26. The third-order valence-electron chi connectivity index (χ3n) is 5.38. The van der Waals surface area contributed by atoms with Gasteiger partial charge in [-0.3, -0.25) is 13.9 Å². The molecule has 1 saturated heterocycles. The first-order valence-electron chi connectivity index (χ1n) is 11.3. The standard InChI is InChI=1S/C22H30BrN4O9P/c1-12(2)34-19(29)13(3)26-37(32,36-14-8-6-5-7-9-14)33-11-16-17(28)22(4,31)20(35-16)27-10-15(23)18(24)25-21(27)30/h5-10,12-13,16-17,20,28,31H,11H2,1-4H3,(H,26,32)(H2,24,25,30)/t13-,16-,17-,20-,22-,37-/m1/s1. The van der Waals surface area contributed by atoms with Gasteiger partial charge in [-0.15, -0.1) is 0 Å². The number of aliphatic hydroxyl groups is 2. The fraction of sp³-hybridized carbons (Fsp3) is 0.500. The van der Waals surface area contributed by atoms with Crippen LogP contribution in [0.4, 0.5) is 5.82 Å². The fourth-order valence-corrected chi connectivity index (χ4v) is 5.32. The minimum Gasteiger partial charge on any atom is -0.462 e. The summed E-state index contributed by atoms with van der Waals surface area (Å²) in [5, 5.41) is 24.2. The number of hydrogen-bond donors (Lipinski definition) is 4. The van der Waals surface area contributed by atoms with Crippen LogP contribution < -0.4 is 21.0 Å². The summed E-state index contributed by atoms with van der Waals surface area (Å²) in [5.74, 6) is -0.559. The van der Waals surface area contributed by atoms with E-state index in [9.17, 15) is 24.4 Å². The van der Waals surface area contributed by atoms with Crippen LogP contribution in [0.25, 0.3) is 0 Å². The predicted octanol–water partition coefficient (Wildman–Crippen LogP) is 1.73. The predicted molar refractivity (Wildman–Crippen MR) is 136 cm³/mol. The maximum Gasteiger partial charge on any atom is 0.459 e. The Morgan fingerprint density at radius 2 is 2.00 bits per heavy atom. The zero-order valence-electron chi connectivity index (χ0n) is 20.6. The molecule has 2 heterocycles. The Labute approximate surface area is 221 Å². The molecule has 1 aliphatic rings. The van der Waals surface area contributed by atoms with Crippen molar-refractivity contribution >= 4 is 35.5 Å². The van der Waals surface area contributed by atoms with Crippen molar-refractivity contribution in [1.29, 1.82) is 0 Å². The van der Waals surface area contributed by atoms with E-state index in [0.29, 0.717) is 0 Å². The summed E-state index contributed by atoms with van der Waals surface area (Å²) in [5.41, 5.74) is 2.83. The first-order valence-corrected chi connectivity index (χ1v) is 13.6. The minimum absolute atomic E-state index is 0.0606. The van der Waals surface area contributed by atoms with Crippen molar-refractivity contribution < 1.29 is 38.1 Å². The third kappa shape index (κ3) is 6.96. The molecule has 0 aliphatic carbocycles. The van der Waals surface area contributed by atoms with Gasteiger partial charge < -0.3 is 29.9 Å². The number of halogens is 1. The number of nitrogens with zero attached hydrogens (tertiary/aromatic N) is 2. The third-order valence-corrected chi connectivity index (χ3v) is 7.63. The molecule has 1 fully saturated rings. The van der Waals surface area contributed by atoms with Gasteiger partial charge in [-0.25, -0.2) is 9.36 Å². The number of para-hydroxylation sites is 1. The number of ether oxygens (including phenoxy) is 2. The van der Waals surface area contributed by atoms with Crippen LogP contribution in [0, 0.1) is 0 Å². The first-order chi connectivity index (χ1) is 17.2. The van der Waals surface area contributed by atoms with E-state index in [1.54, 1.807) is 32.0 Å². The van der Waals surface area contributed by atoms with Crippen LogP contribution in [0.1, 0.15) is 33.9 Å². The SMILES string of the molecule is CC(C)OC(=O)[C@@H](C)N[P@@](=O)(OC[C@H]1O[C@@H](n2cc(Br)c(N)nc2=O)[C@](C)(O)[C@@H]1O)Oc1ccccc1. The highest BCUT2D eigenvalue weighted by Crippen LogP contribution is 2.47. The molecule has 1 aromatic carbocycles. The fourth-order valence-electron chi connectivity index (χ4n) is 3.51. The molecule has 0 radical (unpaired) electrons. The van der Waals surface area contributed by atoms with Crippen molar-refractivity contribution in [2.45, 2.75) is 63.9 Å². The molecule has 6 atom stereocenters. The molecule has 1 aliphatic heterocycles. The summed E-state index contributed by atoms with van der Waals surface area (Å²) < 4.78 is 36.9. The van der Waals surface area contributed by atoms with Gasteiger partial charge in [0.05, 0.1) is 17.2 Å². The van der Waals surface area contributed by atoms with Crippen LogP contribution in [-0.4, -0.2) is 62.3 Å². The molecule has 13 nitrogen and oxygen atoms in total. The molecule has 0 unspecified atom stereocenters. The van der Waals surface area contributed by atoms with Gasteiger partial charge in [-0.05, 0) is 55.8 Å². The number of esters is 1. The lowest BCUT2D eigenvalue weighted by molar-refractivity contribution is -0.149. The van der Waals surface area contributed by atoms with Crippen LogP contribution in [0.3, 0.4) is 0 Å². The molecule has 0 saturated carbocycles. The van der Waals surface area contributed by atoms with Gasteiger partial charge in [0.15, 0.2) is 6.23 Å². The average Bonchev–Trinajstić information content (AvgIpc) is 3.03. The van der Waals surface area contributed by atoms with Gasteiger partial charge in [0.2, 0.25) is 0 Å². The Hall–Kier alpha value is -2.32. The van der Waals surface area contributed by atoms with Crippen molar-refractivity contribution in [2.24, 2.45) is 0 Å². The highest BCUT2D eigenvalue weighted by molar-refractivity contribution is 9.10. The number of anilines is 1. The summed E-state index contributed by atoms with van der Waals surface area (Å²) >= 11 is 3.16. The summed E-state index contributed by atoms with van der Waals surface area (Å²) in [6, 6.07) is 7.02. The molecule has 37 heavy (non-hydrogen) atoms. The highest BCUT2D eigenvalue weighted by atomic mass is 79.9. The van der Waals surface area contributed by atoms with Crippen molar-refractivity contribution in [1.82, 2.24) is 14.6 Å². The molecule has 204 valence electrons. The zero-order chi connectivity index (χ0) is 27.5. The second-order valence-electron chi connectivity index (χ2n) is 8.90. The Balaban J connectivity index is 1.81. The van der Waals surface area contributed by atoms with Crippen LogP contribution in [-0.2, 0) is 23.4 Å². The lowest BCUT2D eigenvalue weighted by Crippen LogP contribution is -2.46. The zero-order valence-corrected chi connectivity index (χ0v) is 23.1. The monoisotopic (exact) mass is 604 g/mol. The smallest absolute Gasteiger partial charge is 0.459 e. The largest absolute Gasteiger partial charge is 0.462 e. The van der Waals surface area contributed by atoms with Gasteiger partial charge in [0.1, 0.15) is 35.4 Å². The molecule has 15 heteroatoms. The molecule has 0 amide bonds. The van der Waals surface area contributed by atoms with Crippen molar-refractivity contribution in [3.8, 4) is 5.75 Å². The molecule has 0 spiro atoms. The van der Waals surface area contributed by atoms with Crippen LogP contribution >= 0.6 is 23.7 Å². The molecular formula is C22H30BrN4O9P. The highest BCUT2D eigenvalue weighted by Gasteiger charge is 2.54. The van der Waals surface area contributed by atoms with E-state index in [1.807, 2.05) is 0 Å². The van der Waals surface area contributed by atoms with E-state index in [2.05, 4.69) is 26.0 Å². The second-order valence-corrected chi connectivity index (χ2v) is 11.4. The number of aromatic nitrogens is 2. The van der Waals surface area contributed by atoms with Gasteiger partial charge in [-0.2, -0.15) is 10.1 Å². The van der Waals surface area contributed by atoms with E-state index in [4.69, 9.17) is 24.3 Å². The van der Waals surface area contributed by atoms with Gasteiger partial charge in [-0.1, -0.05) is 18.2 Å². The Bertz CT molecular complexity index is 1210. The van der Waals surface area contributed by atoms with Crippen molar-refractivity contribution in [3.05, 3.63) is 51.5 Å². The quantitative estimate of drug-likeness (QED) is 0.228. The molecular weight excluding hydrogens is 575 g/mol. The number of carbonyl (C=O) groups excluding carboxylic acids is 1. The number of aliphatic hydroxyl groups excluding tert-OH is 1. The van der Waals surface area contributed by atoms with E-state index in [0.717, 1.165) is 4.57 Å². The average molecular weight is 605 g/mol. The van der Waals surface area contributed by atoms with E-state index in [1.165, 1.54) is 32.2 Å². The van der Waals surface area contributed by atoms with Crippen LogP contribution in [0.2, 0.25) is 0 Å². The van der Waals surface area contributed by atoms with Gasteiger partial charge in [0.25, 0.3) is 0 Å². The van der Waals surface area contributed by atoms with Crippen LogP contribution in [0.5, 0.6) is 5.75 Å². The molecule has 3 rings (SSSR count). The summed E-state index contributed by atoms with van der Waals surface area (Å²) in [6.45, 7) is 5.48. The van der Waals surface area contributed by atoms with Crippen LogP contribution in [0.15, 0.2) is 45.8 Å². The maximum absolute atomic E-state index is 13.6. The molecule has 1 aromatic heterocycles. The number of benzene rings is 1. The number of rotatable bonds is 10. The number of nitrogens with two attached hydrogens (primary N) is 1. The van der Waals surface area contributed by atoms with Crippen molar-refractivity contribution in [3.63, 3.8) is 0 Å². The summed E-state index contributed by atoms with van der Waals surface area (Å²) in [7, 11) is -4.26. The molecule has 0 bridgehead atoms. The topological polar surface area (TPSA) is 184 Å². The summed E-state index contributed by atoms with van der Waals surface area (Å²) in [4.78, 5) is 28.3. The summed E-state index contributed by atoms with van der Waals surface area (Å²) in [6.07, 6.45) is -3.34. The normalized spacial score (nSPS) is 26.0. The van der Waals surface area contributed by atoms with E-state index in [-0.39, 0.29) is 16.0 Å². The Morgan fingerprint density at radius 1 is 1.35 bits per heavy atom. The number of hydrogen-bond acceptors (Lipinski definition) is 11. The first kappa shape index (κ1) is 29.2. The number of nitrogen functional groups attached to an aromatic ring is 1. The lowest BCUT2D eigenvalue weighted by Gasteiger charge is -2.27. The number of carbonyl (C=O) groups is 1. The van der Waals surface area contributed by atoms with Gasteiger partial charge in [0, 0.05) is 6.20 Å². The van der Waals surface area contributed by atoms with E-state index < -0.39 is 62.2 Å². The van der Waals surface area contributed by atoms with Gasteiger partial charge >= 0.3 is 19.4 Å². The molecule has 2 aromatic rings. The van der Waals surface area contributed by atoms with E-state index >= 15 is 0 Å². The Kier molecular flexibility index (Phi) is 9.17. The number of nitrogens with one attached hydrogen (secondary N) is 1.